The Morgan fingerprint density at radius 1 is 0.438 bits per heavy atom. The highest BCUT2D eigenvalue weighted by Gasteiger charge is 2.21. The molecule has 0 saturated heterocycles. The van der Waals surface area contributed by atoms with Crippen molar-refractivity contribution in [3.05, 3.63) is 157 Å². The average molecular weight is 641 g/mol. The van der Waals surface area contributed by atoms with E-state index in [9.17, 15) is 8.22 Å². The fraction of sp³-hybridized carbons (Fsp3) is 0. The number of benzene rings is 7. The number of fused-ring (bicyclic) bond motifs is 7. The van der Waals surface area contributed by atoms with Gasteiger partial charge in [0, 0.05) is 27.3 Å². The molecule has 7 aromatic carbocycles. The van der Waals surface area contributed by atoms with Gasteiger partial charge in [0.2, 0.25) is 0 Å². The Labute approximate surface area is 312 Å². The fourth-order valence-corrected chi connectivity index (χ4v) is 5.22. The van der Waals surface area contributed by atoms with Gasteiger partial charge in [-0.05, 0) is 69.3 Å². The van der Waals surface area contributed by atoms with Crippen molar-refractivity contribution in [3.8, 4) is 44.9 Å². The van der Waals surface area contributed by atoms with Crippen molar-refractivity contribution in [2.24, 2.45) is 0 Å². The van der Waals surface area contributed by atoms with Crippen LogP contribution in [0.25, 0.3) is 99.7 Å². The van der Waals surface area contributed by atoms with E-state index in [1.54, 1.807) is 0 Å². The van der Waals surface area contributed by atoms with Crippen LogP contribution >= 0.6 is 0 Å². The van der Waals surface area contributed by atoms with E-state index in [-0.39, 0.29) is 0 Å². The summed E-state index contributed by atoms with van der Waals surface area (Å²) in [6.45, 7) is 0. The first-order chi connectivity index (χ1) is 34.6. The molecule has 0 fully saturated rings. The van der Waals surface area contributed by atoms with Crippen LogP contribution in [0.5, 0.6) is 0 Å². The van der Waals surface area contributed by atoms with Crippen LogP contribution in [0.1, 0.15) is 35.6 Å². The van der Waals surface area contributed by atoms with E-state index in [1.807, 2.05) is 0 Å². The highest BCUT2D eigenvalue weighted by Crippen LogP contribution is 2.41. The molecule has 0 aliphatic carbocycles. The number of hydrogen-bond acceptors (Lipinski definition) is 4. The summed E-state index contributed by atoms with van der Waals surface area (Å²) in [6.07, 6.45) is 0. The van der Waals surface area contributed by atoms with Crippen molar-refractivity contribution >= 4 is 54.8 Å². The van der Waals surface area contributed by atoms with Gasteiger partial charge in [-0.15, -0.1) is 0 Å². The maximum absolute atomic E-state index is 9.40. The van der Waals surface area contributed by atoms with Crippen molar-refractivity contribution in [3.63, 3.8) is 0 Å². The fourth-order valence-electron chi connectivity index (χ4n) is 5.22. The van der Waals surface area contributed by atoms with E-state index < -0.39 is 257 Å². The van der Waals surface area contributed by atoms with Crippen LogP contribution in [0.15, 0.2) is 166 Å². The van der Waals surface area contributed by atoms with Gasteiger partial charge in [-0.1, -0.05) is 121 Å². The highest BCUT2D eigenvalue weighted by atomic mass is 16.3. The molecule has 0 saturated carbocycles. The van der Waals surface area contributed by atoms with Gasteiger partial charge in [-0.3, -0.25) is 0 Å². The lowest BCUT2D eigenvalue weighted by Crippen LogP contribution is -1.94. The van der Waals surface area contributed by atoms with Crippen molar-refractivity contribution in [2.75, 3.05) is 0 Å². The number of hydrogen-bond donors (Lipinski definition) is 0. The van der Waals surface area contributed by atoms with Crippen LogP contribution in [0, 0.1) is 0 Å². The van der Waals surface area contributed by atoms with Crippen molar-refractivity contribution < 1.29 is 44.5 Å². The topological polar surface area (TPSA) is 52.1 Å². The first-order valence-corrected chi connectivity index (χ1v) is 14.0. The summed E-state index contributed by atoms with van der Waals surface area (Å²) in [5.41, 5.74) is -7.68. The molecule has 0 N–H and O–H groups in total. The second-order valence-corrected chi connectivity index (χ2v) is 10.1. The summed E-state index contributed by atoms with van der Waals surface area (Å²) < 4.78 is 240. The second-order valence-electron chi connectivity index (χ2n) is 10.1. The van der Waals surface area contributed by atoms with Gasteiger partial charge < -0.3 is 8.83 Å². The third-order valence-electron chi connectivity index (χ3n) is 7.37. The van der Waals surface area contributed by atoms with Crippen LogP contribution in [0.3, 0.4) is 0 Å². The number of rotatable bonds is 4. The third kappa shape index (κ3) is 4.24. The Morgan fingerprint density at radius 3 is 2.02 bits per heavy atom. The summed E-state index contributed by atoms with van der Waals surface area (Å²) in [4.78, 5) is 9.08. The molecule has 10 rings (SSSR count). The number of para-hydroxylation sites is 1. The van der Waals surface area contributed by atoms with E-state index in [0.29, 0.717) is 0 Å². The Balaban J connectivity index is 1.35. The molecule has 0 aliphatic heterocycles. The minimum absolute atomic E-state index is 0.427. The van der Waals surface area contributed by atoms with Crippen LogP contribution in [-0.2, 0) is 0 Å². The van der Waals surface area contributed by atoms with Crippen LogP contribution < -0.4 is 0 Å². The highest BCUT2D eigenvalue weighted by molar-refractivity contribution is 6.13. The monoisotopic (exact) mass is 640 g/mol. The van der Waals surface area contributed by atoms with Gasteiger partial charge in [0.25, 0.3) is 0 Å². The molecule has 4 heteroatoms. The van der Waals surface area contributed by atoms with Gasteiger partial charge in [-0.25, -0.2) is 9.97 Å². The molecule has 0 amide bonds. The SMILES string of the molecule is [2H]c1c([2H])c([2H])c(-c2c([2H])c([2H])c(-c3nc(-c4c([2H])c([2H])c([2H])c5oc6c([2H])c(-c7c([2H])c([2H])c8c([2H])c([2H])c([2H])c([2H])c8c7[2H])c([2H])c([2H])c6c45)nc4c3oc3c([2H])c([2H])c([2H])c([2H])c34)c([2H])c2[2H])c([2H])c1[2H]. The van der Waals surface area contributed by atoms with Gasteiger partial charge >= 0.3 is 0 Å². The van der Waals surface area contributed by atoms with E-state index in [1.165, 1.54) is 0 Å². The Morgan fingerprint density at radius 2 is 1.12 bits per heavy atom. The Hall–Kier alpha value is -6.52. The molecular weight excluding hydrogens is 588 g/mol. The van der Waals surface area contributed by atoms with E-state index >= 15 is 0 Å². The lowest BCUT2D eigenvalue weighted by Gasteiger charge is -2.08. The summed E-state index contributed by atoms with van der Waals surface area (Å²) in [5, 5.41) is -2.44. The largest absolute Gasteiger partial charge is 0.456 e. The normalized spacial score (nSPS) is 19.3. The zero-order chi connectivity index (χ0) is 54.2. The smallest absolute Gasteiger partial charge is 0.180 e. The molecule has 224 valence electrons. The van der Waals surface area contributed by atoms with Crippen LogP contribution in [0.2, 0.25) is 0 Å². The molecule has 0 atom stereocenters. The standard InChI is InChI=1S/C44H26N2O2/c1-2-9-27(10-3-1)29-17-20-30(21-18-29)41-43-42(35-13-6-7-15-37(35)48-43)46-44(45-41)36-14-8-16-38-40(36)34-24-23-33(26-39(34)47-38)32-22-19-28-11-4-5-12-31(28)25-32/h1-26H/i1D,2D,3D,4D,5D,6D,7D,8D,9D,10D,11D,12D,13D,14D,15D,16D,17D,18D,19D,20D,21D,22D,23D,24D,25D,26D. The molecule has 48 heavy (non-hydrogen) atoms. The average Bonchev–Trinajstić information content (AvgIpc) is 3.96. The maximum Gasteiger partial charge on any atom is 0.180 e. The molecule has 0 bridgehead atoms. The minimum Gasteiger partial charge on any atom is -0.456 e. The number of furan rings is 2. The molecule has 0 unspecified atom stereocenters. The van der Waals surface area contributed by atoms with E-state index in [0.717, 1.165) is 0 Å². The number of aromatic nitrogens is 2. The van der Waals surface area contributed by atoms with Gasteiger partial charge in [0.15, 0.2) is 11.4 Å². The van der Waals surface area contributed by atoms with Gasteiger partial charge in [-0.2, -0.15) is 0 Å². The molecule has 0 radical (unpaired) electrons. The van der Waals surface area contributed by atoms with Crippen molar-refractivity contribution in [1.82, 2.24) is 9.97 Å². The van der Waals surface area contributed by atoms with Gasteiger partial charge in [0.05, 0.1) is 35.6 Å². The molecule has 10 aromatic rings. The Bertz CT molecular complexity index is 4280. The minimum atomic E-state index is -0.965. The van der Waals surface area contributed by atoms with Crippen LogP contribution in [0.4, 0.5) is 0 Å². The first kappa shape index (κ1) is 11.6. The molecule has 3 heterocycles. The summed E-state index contributed by atoms with van der Waals surface area (Å²) in [6, 6.07) is -21.8. The number of nitrogens with zero attached hydrogens (tertiary/aromatic N) is 2. The lowest BCUT2D eigenvalue weighted by molar-refractivity contribution is 0.667. The molecule has 0 aliphatic rings. The van der Waals surface area contributed by atoms with E-state index in [2.05, 4.69) is 9.97 Å². The van der Waals surface area contributed by atoms with Crippen LogP contribution in [-0.4, -0.2) is 9.97 Å². The third-order valence-corrected chi connectivity index (χ3v) is 7.37. The molecule has 4 nitrogen and oxygen atoms in total. The summed E-state index contributed by atoms with van der Waals surface area (Å²) in [5.74, 6) is -0.730. The maximum atomic E-state index is 9.40. The first-order valence-electron chi connectivity index (χ1n) is 27.0. The molecule has 3 aromatic heterocycles. The lowest BCUT2D eigenvalue weighted by atomic mass is 9.99. The second kappa shape index (κ2) is 10.5. The van der Waals surface area contributed by atoms with Crippen molar-refractivity contribution in [2.45, 2.75) is 0 Å². The Kier molecular flexibility index (Phi) is 2.54. The zero-order valence-corrected chi connectivity index (χ0v) is 23.7. The summed E-state index contributed by atoms with van der Waals surface area (Å²) in [7, 11) is 0. The van der Waals surface area contributed by atoms with Gasteiger partial charge in [0.1, 0.15) is 28.0 Å². The predicted molar refractivity (Wildman–Crippen MR) is 196 cm³/mol. The van der Waals surface area contributed by atoms with E-state index in [4.69, 9.17) is 36.2 Å². The quantitative estimate of drug-likeness (QED) is 0.192. The van der Waals surface area contributed by atoms with Crippen molar-refractivity contribution in [1.29, 1.82) is 0 Å². The molecular formula is C44H26N2O2. The predicted octanol–water partition coefficient (Wildman–Crippen LogP) is 12.1. The zero-order valence-electron chi connectivity index (χ0n) is 49.7. The summed E-state index contributed by atoms with van der Waals surface area (Å²) >= 11 is 0. The molecule has 0 spiro atoms.